The van der Waals surface area contributed by atoms with Gasteiger partial charge in [-0.3, -0.25) is 4.79 Å². The van der Waals surface area contributed by atoms with Gasteiger partial charge in [0, 0.05) is 19.0 Å². The van der Waals surface area contributed by atoms with Crippen molar-refractivity contribution in [2.75, 3.05) is 6.54 Å². The zero-order chi connectivity index (χ0) is 15.0. The van der Waals surface area contributed by atoms with E-state index in [9.17, 15) is 14.4 Å². The standard InChI is InChI=1S/C12H23N3O4/c1-4-7-15(8(2)3)12(19)14-9(11(17)18)5-6-10(13)16/h8-9H,4-7H2,1-3H3,(H2,13,16)(H,14,19)(H,17,18)/t9-/m1/s1. The molecule has 0 spiro atoms. The maximum absolute atomic E-state index is 12.0. The first-order chi connectivity index (χ1) is 8.79. The van der Waals surface area contributed by atoms with E-state index in [0.717, 1.165) is 6.42 Å². The molecule has 0 saturated carbocycles. The van der Waals surface area contributed by atoms with Crippen molar-refractivity contribution in [3.05, 3.63) is 0 Å². The second-order valence-electron chi connectivity index (χ2n) is 4.63. The largest absolute Gasteiger partial charge is 0.480 e. The minimum Gasteiger partial charge on any atom is -0.480 e. The normalized spacial score (nSPS) is 12.0. The number of rotatable bonds is 8. The molecule has 0 aliphatic rings. The van der Waals surface area contributed by atoms with E-state index < -0.39 is 23.9 Å². The highest BCUT2D eigenvalue weighted by Gasteiger charge is 2.24. The number of nitrogens with zero attached hydrogens (tertiary/aromatic N) is 1. The fourth-order valence-electron chi connectivity index (χ4n) is 1.61. The van der Waals surface area contributed by atoms with Crippen molar-refractivity contribution < 1.29 is 19.5 Å². The van der Waals surface area contributed by atoms with Gasteiger partial charge in [-0.2, -0.15) is 0 Å². The number of carboxylic acid groups (broad SMARTS) is 1. The fraction of sp³-hybridized carbons (Fsp3) is 0.750. The van der Waals surface area contributed by atoms with Crippen molar-refractivity contribution in [1.82, 2.24) is 10.2 Å². The van der Waals surface area contributed by atoms with E-state index in [2.05, 4.69) is 5.32 Å². The summed E-state index contributed by atoms with van der Waals surface area (Å²) in [4.78, 5) is 35.2. The molecule has 0 saturated heterocycles. The van der Waals surface area contributed by atoms with Gasteiger partial charge in [-0.1, -0.05) is 6.92 Å². The number of carbonyl (C=O) groups excluding carboxylic acids is 2. The summed E-state index contributed by atoms with van der Waals surface area (Å²) in [6, 6.07) is -1.56. The quantitative estimate of drug-likeness (QED) is 0.598. The first-order valence-corrected chi connectivity index (χ1v) is 6.37. The molecule has 0 aromatic heterocycles. The van der Waals surface area contributed by atoms with Crippen LogP contribution in [0.3, 0.4) is 0 Å². The molecular weight excluding hydrogens is 250 g/mol. The molecule has 0 unspecified atom stereocenters. The third kappa shape index (κ3) is 6.64. The Labute approximate surface area is 113 Å². The fourth-order valence-corrected chi connectivity index (χ4v) is 1.61. The number of hydrogen-bond donors (Lipinski definition) is 3. The van der Waals surface area contributed by atoms with Gasteiger partial charge in [-0.25, -0.2) is 9.59 Å². The van der Waals surface area contributed by atoms with Gasteiger partial charge in [0.05, 0.1) is 0 Å². The highest BCUT2D eigenvalue weighted by molar-refractivity contribution is 5.83. The lowest BCUT2D eigenvalue weighted by Gasteiger charge is -2.28. The minimum absolute atomic E-state index is 0.00549. The van der Waals surface area contributed by atoms with Crippen LogP contribution in [0.5, 0.6) is 0 Å². The topological polar surface area (TPSA) is 113 Å². The second kappa shape index (κ2) is 8.34. The predicted molar refractivity (Wildman–Crippen MR) is 70.5 cm³/mol. The summed E-state index contributed by atoms with van der Waals surface area (Å²) >= 11 is 0. The van der Waals surface area contributed by atoms with Gasteiger partial charge < -0.3 is 21.1 Å². The van der Waals surface area contributed by atoms with E-state index in [-0.39, 0.29) is 18.9 Å². The highest BCUT2D eigenvalue weighted by atomic mass is 16.4. The summed E-state index contributed by atoms with van der Waals surface area (Å²) in [5.41, 5.74) is 4.97. The highest BCUT2D eigenvalue weighted by Crippen LogP contribution is 2.04. The average Bonchev–Trinajstić information content (AvgIpc) is 2.29. The van der Waals surface area contributed by atoms with Crippen LogP contribution in [0.25, 0.3) is 0 Å². The summed E-state index contributed by atoms with van der Waals surface area (Å²) in [6.45, 7) is 6.19. The molecule has 19 heavy (non-hydrogen) atoms. The van der Waals surface area contributed by atoms with Crippen molar-refractivity contribution in [3.63, 3.8) is 0 Å². The number of aliphatic carboxylic acids is 1. The summed E-state index contributed by atoms with van der Waals surface area (Å²) < 4.78 is 0. The molecule has 0 aliphatic carbocycles. The van der Waals surface area contributed by atoms with Crippen LogP contribution in [0.15, 0.2) is 0 Å². The van der Waals surface area contributed by atoms with E-state index in [4.69, 9.17) is 10.8 Å². The molecular formula is C12H23N3O4. The molecule has 0 aromatic rings. The summed E-state index contributed by atoms with van der Waals surface area (Å²) in [5, 5.41) is 11.4. The van der Waals surface area contributed by atoms with Gasteiger partial charge >= 0.3 is 12.0 Å². The molecule has 0 aromatic carbocycles. The summed E-state index contributed by atoms with van der Waals surface area (Å²) in [6.07, 6.45) is 0.700. The van der Waals surface area contributed by atoms with E-state index in [1.54, 1.807) is 4.90 Å². The van der Waals surface area contributed by atoms with Gasteiger partial charge in [0.2, 0.25) is 5.91 Å². The molecule has 0 heterocycles. The lowest BCUT2D eigenvalue weighted by Crippen LogP contribution is -2.50. The first kappa shape index (κ1) is 17.2. The Morgan fingerprint density at radius 3 is 2.26 bits per heavy atom. The number of amides is 3. The van der Waals surface area contributed by atoms with Crippen molar-refractivity contribution in [2.24, 2.45) is 5.73 Å². The number of nitrogens with two attached hydrogens (primary N) is 1. The predicted octanol–water partition coefficient (Wildman–Crippen LogP) is 0.535. The molecule has 0 rings (SSSR count). The number of urea groups is 1. The zero-order valence-corrected chi connectivity index (χ0v) is 11.7. The molecule has 4 N–H and O–H groups in total. The molecule has 7 heteroatoms. The van der Waals surface area contributed by atoms with Crippen LogP contribution in [-0.2, 0) is 9.59 Å². The van der Waals surface area contributed by atoms with Gasteiger partial charge in [0.1, 0.15) is 6.04 Å². The SMILES string of the molecule is CCCN(C(=O)N[C@H](CCC(N)=O)C(=O)O)C(C)C. The minimum atomic E-state index is -1.17. The third-order valence-corrected chi connectivity index (χ3v) is 2.62. The average molecular weight is 273 g/mol. The van der Waals surface area contributed by atoms with Crippen LogP contribution in [0.4, 0.5) is 4.79 Å². The molecule has 0 aliphatic heterocycles. The van der Waals surface area contributed by atoms with Crippen molar-refractivity contribution in [3.8, 4) is 0 Å². The second-order valence-corrected chi connectivity index (χ2v) is 4.63. The molecule has 1 atom stereocenters. The Hall–Kier alpha value is -1.79. The van der Waals surface area contributed by atoms with Crippen molar-refractivity contribution in [1.29, 1.82) is 0 Å². The Morgan fingerprint density at radius 2 is 1.89 bits per heavy atom. The van der Waals surface area contributed by atoms with Gasteiger partial charge in [0.15, 0.2) is 0 Å². The van der Waals surface area contributed by atoms with Crippen LogP contribution >= 0.6 is 0 Å². The van der Waals surface area contributed by atoms with Crippen molar-refractivity contribution in [2.45, 2.75) is 52.1 Å². The van der Waals surface area contributed by atoms with Crippen LogP contribution in [0.2, 0.25) is 0 Å². The number of carboxylic acids is 1. The Bertz CT molecular complexity index is 331. The van der Waals surface area contributed by atoms with Crippen LogP contribution in [0, 0.1) is 0 Å². The van der Waals surface area contributed by atoms with Crippen LogP contribution in [-0.4, -0.2) is 46.5 Å². The monoisotopic (exact) mass is 273 g/mol. The molecule has 3 amide bonds. The smallest absolute Gasteiger partial charge is 0.326 e. The summed E-state index contributed by atoms with van der Waals surface area (Å²) in [7, 11) is 0. The Balaban J connectivity index is 4.59. The number of hydrogen-bond acceptors (Lipinski definition) is 3. The lowest BCUT2D eigenvalue weighted by molar-refractivity contribution is -0.139. The maximum atomic E-state index is 12.0. The van der Waals surface area contributed by atoms with Gasteiger partial charge in [0.25, 0.3) is 0 Å². The van der Waals surface area contributed by atoms with Crippen LogP contribution < -0.4 is 11.1 Å². The third-order valence-electron chi connectivity index (χ3n) is 2.62. The molecule has 0 bridgehead atoms. The van der Waals surface area contributed by atoms with E-state index >= 15 is 0 Å². The number of nitrogens with one attached hydrogen (secondary N) is 1. The Morgan fingerprint density at radius 1 is 1.32 bits per heavy atom. The van der Waals surface area contributed by atoms with Crippen molar-refractivity contribution >= 4 is 17.9 Å². The van der Waals surface area contributed by atoms with Gasteiger partial charge in [-0.05, 0) is 26.7 Å². The molecule has 7 nitrogen and oxygen atoms in total. The first-order valence-electron chi connectivity index (χ1n) is 6.37. The summed E-state index contributed by atoms with van der Waals surface area (Å²) in [5.74, 6) is -1.76. The molecule has 110 valence electrons. The van der Waals surface area contributed by atoms with Crippen LogP contribution in [0.1, 0.15) is 40.0 Å². The molecule has 0 fully saturated rings. The molecule has 0 radical (unpaired) electrons. The van der Waals surface area contributed by atoms with E-state index in [1.165, 1.54) is 0 Å². The van der Waals surface area contributed by atoms with E-state index in [1.807, 2.05) is 20.8 Å². The van der Waals surface area contributed by atoms with Gasteiger partial charge in [-0.15, -0.1) is 0 Å². The Kier molecular flexibility index (Phi) is 7.55. The van der Waals surface area contributed by atoms with E-state index in [0.29, 0.717) is 6.54 Å². The number of primary amides is 1. The number of carbonyl (C=O) groups is 3. The zero-order valence-electron chi connectivity index (χ0n) is 11.7. The lowest BCUT2D eigenvalue weighted by atomic mass is 10.1. The maximum Gasteiger partial charge on any atom is 0.326 e.